The highest BCUT2D eigenvalue weighted by atomic mass is 79.9. The Morgan fingerprint density at radius 2 is 1.94 bits per heavy atom. The summed E-state index contributed by atoms with van der Waals surface area (Å²) in [5.41, 5.74) is 4.79. The number of hydrogen-bond donors (Lipinski definition) is 0. The normalized spacial score (nSPS) is 10.4. The van der Waals surface area contributed by atoms with E-state index < -0.39 is 0 Å². The van der Waals surface area contributed by atoms with Crippen LogP contribution in [0.1, 0.15) is 22.4 Å². The molecule has 1 aromatic carbocycles. The summed E-state index contributed by atoms with van der Waals surface area (Å²) in [6.07, 6.45) is 1.76. The molecule has 0 aliphatic heterocycles. The number of aromatic nitrogens is 1. The molecule has 0 saturated carbocycles. The quantitative estimate of drug-likeness (QED) is 0.791. The smallest absolute Gasteiger partial charge is 0.138 e. The minimum atomic E-state index is 0.580. The van der Waals surface area contributed by atoms with Crippen molar-refractivity contribution in [1.29, 1.82) is 0 Å². The largest absolute Gasteiger partial charge is 0.487 e. The summed E-state index contributed by atoms with van der Waals surface area (Å²) >= 11 is 3.37. The van der Waals surface area contributed by atoms with Gasteiger partial charge in [-0.3, -0.25) is 4.98 Å². The van der Waals surface area contributed by atoms with Gasteiger partial charge in [0.25, 0.3) is 0 Å². The first kappa shape index (κ1) is 13.1. The second kappa shape index (κ2) is 6.01. The van der Waals surface area contributed by atoms with Gasteiger partial charge in [0.05, 0.1) is 11.9 Å². The summed E-state index contributed by atoms with van der Waals surface area (Å²) in [6, 6.07) is 10.3. The lowest BCUT2D eigenvalue weighted by Gasteiger charge is -2.08. The van der Waals surface area contributed by atoms with E-state index in [1.54, 1.807) is 6.20 Å². The van der Waals surface area contributed by atoms with Gasteiger partial charge in [-0.05, 0) is 42.7 Å². The summed E-state index contributed by atoms with van der Waals surface area (Å²) < 4.78 is 5.71. The minimum absolute atomic E-state index is 0.580. The fourth-order valence-electron chi connectivity index (χ4n) is 1.64. The van der Waals surface area contributed by atoms with E-state index >= 15 is 0 Å². The Bertz CT molecular complexity index is 523. The lowest BCUT2D eigenvalue weighted by Crippen LogP contribution is -1.97. The van der Waals surface area contributed by atoms with Gasteiger partial charge in [0, 0.05) is 5.33 Å². The van der Waals surface area contributed by atoms with Crippen LogP contribution in [0.4, 0.5) is 0 Å². The van der Waals surface area contributed by atoms with E-state index in [0.29, 0.717) is 6.61 Å². The molecule has 18 heavy (non-hydrogen) atoms. The van der Waals surface area contributed by atoms with Gasteiger partial charge in [0.15, 0.2) is 0 Å². The summed E-state index contributed by atoms with van der Waals surface area (Å²) in [7, 11) is 0. The predicted octanol–water partition coefficient (Wildman–Crippen LogP) is 4.17. The summed E-state index contributed by atoms with van der Waals surface area (Å²) in [4.78, 5) is 4.27. The number of rotatable bonds is 4. The third-order valence-corrected chi connectivity index (χ3v) is 3.49. The first-order valence-electron chi connectivity index (χ1n) is 5.89. The van der Waals surface area contributed by atoms with Crippen LogP contribution < -0.4 is 4.74 Å². The van der Waals surface area contributed by atoms with Crippen LogP contribution in [0.15, 0.2) is 36.5 Å². The summed E-state index contributed by atoms with van der Waals surface area (Å²) in [5, 5.41) is 0.768. The lowest BCUT2D eigenvalue weighted by molar-refractivity contribution is 0.305. The molecule has 1 heterocycles. The van der Waals surface area contributed by atoms with Crippen molar-refractivity contribution in [3.05, 3.63) is 58.9 Å². The molecule has 2 aromatic rings. The van der Waals surface area contributed by atoms with Crippen molar-refractivity contribution in [2.24, 2.45) is 0 Å². The number of aryl methyl sites for hydroxylation is 2. The average molecular weight is 306 g/mol. The maximum absolute atomic E-state index is 5.71. The second-order valence-electron chi connectivity index (χ2n) is 4.33. The van der Waals surface area contributed by atoms with Crippen molar-refractivity contribution in [2.45, 2.75) is 25.8 Å². The topological polar surface area (TPSA) is 22.1 Å². The Kier molecular flexibility index (Phi) is 4.37. The lowest BCUT2D eigenvalue weighted by atomic mass is 10.1. The Hall–Kier alpha value is -1.35. The third-order valence-electron chi connectivity index (χ3n) is 2.91. The van der Waals surface area contributed by atoms with Crippen molar-refractivity contribution in [2.75, 3.05) is 0 Å². The average Bonchev–Trinajstić information content (AvgIpc) is 2.41. The Morgan fingerprint density at radius 3 is 2.56 bits per heavy atom. The molecule has 0 N–H and O–H groups in total. The van der Waals surface area contributed by atoms with Gasteiger partial charge in [-0.2, -0.15) is 0 Å². The first-order chi connectivity index (χ1) is 8.69. The predicted molar refractivity (Wildman–Crippen MR) is 77.1 cm³/mol. The molecule has 3 heteroatoms. The SMILES string of the molecule is Cc1ccc(COc2ccc(CBr)nc2)cc1C. The van der Waals surface area contributed by atoms with Crippen LogP contribution in [-0.2, 0) is 11.9 Å². The van der Waals surface area contributed by atoms with Crippen LogP contribution in [-0.4, -0.2) is 4.98 Å². The maximum atomic E-state index is 5.71. The van der Waals surface area contributed by atoms with Crippen LogP contribution >= 0.6 is 15.9 Å². The van der Waals surface area contributed by atoms with E-state index in [2.05, 4.69) is 53.0 Å². The monoisotopic (exact) mass is 305 g/mol. The standard InChI is InChI=1S/C15H16BrNO/c1-11-3-4-13(7-12(11)2)10-18-15-6-5-14(8-16)17-9-15/h3-7,9H,8,10H2,1-2H3. The molecule has 0 bridgehead atoms. The second-order valence-corrected chi connectivity index (χ2v) is 4.89. The molecule has 0 aliphatic rings. The van der Waals surface area contributed by atoms with Gasteiger partial charge in [0.2, 0.25) is 0 Å². The van der Waals surface area contributed by atoms with E-state index in [1.165, 1.54) is 16.7 Å². The number of halogens is 1. The Morgan fingerprint density at radius 1 is 1.11 bits per heavy atom. The number of hydrogen-bond acceptors (Lipinski definition) is 2. The van der Waals surface area contributed by atoms with Crippen LogP contribution in [0, 0.1) is 13.8 Å². The highest BCUT2D eigenvalue weighted by Crippen LogP contribution is 2.15. The van der Waals surface area contributed by atoms with Gasteiger partial charge in [0.1, 0.15) is 12.4 Å². The Balaban J connectivity index is 1.99. The van der Waals surface area contributed by atoms with Gasteiger partial charge < -0.3 is 4.74 Å². The molecule has 0 saturated heterocycles. The molecule has 2 rings (SSSR count). The van der Waals surface area contributed by atoms with Crippen molar-refractivity contribution < 1.29 is 4.74 Å². The number of nitrogens with zero attached hydrogens (tertiary/aromatic N) is 1. The molecule has 94 valence electrons. The fourth-order valence-corrected chi connectivity index (χ4v) is 1.97. The van der Waals surface area contributed by atoms with Crippen molar-refractivity contribution in [1.82, 2.24) is 4.98 Å². The molecule has 1 aromatic heterocycles. The van der Waals surface area contributed by atoms with Crippen molar-refractivity contribution in [3.63, 3.8) is 0 Å². The van der Waals surface area contributed by atoms with Crippen LogP contribution in [0.3, 0.4) is 0 Å². The first-order valence-corrected chi connectivity index (χ1v) is 7.01. The van der Waals surface area contributed by atoms with Gasteiger partial charge in [-0.25, -0.2) is 0 Å². The number of alkyl halides is 1. The van der Waals surface area contributed by atoms with E-state index in [-0.39, 0.29) is 0 Å². The third kappa shape index (κ3) is 3.33. The fraction of sp³-hybridized carbons (Fsp3) is 0.267. The van der Waals surface area contributed by atoms with Crippen LogP contribution in [0.25, 0.3) is 0 Å². The molecular weight excluding hydrogens is 290 g/mol. The van der Waals surface area contributed by atoms with Crippen molar-refractivity contribution >= 4 is 15.9 Å². The molecule has 2 nitrogen and oxygen atoms in total. The minimum Gasteiger partial charge on any atom is -0.487 e. The van der Waals surface area contributed by atoms with Crippen LogP contribution in [0.5, 0.6) is 5.75 Å². The summed E-state index contributed by atoms with van der Waals surface area (Å²) in [5.74, 6) is 0.804. The molecule has 0 fully saturated rings. The molecular formula is C15H16BrNO. The highest BCUT2D eigenvalue weighted by molar-refractivity contribution is 9.08. The van der Waals surface area contributed by atoms with Gasteiger partial charge in [-0.15, -0.1) is 0 Å². The van der Waals surface area contributed by atoms with Crippen LogP contribution in [0.2, 0.25) is 0 Å². The van der Waals surface area contributed by atoms with E-state index in [9.17, 15) is 0 Å². The molecule has 0 amide bonds. The van der Waals surface area contributed by atoms with Gasteiger partial charge in [-0.1, -0.05) is 34.1 Å². The number of ether oxygens (including phenoxy) is 1. The molecule has 0 radical (unpaired) electrons. The number of benzene rings is 1. The zero-order valence-electron chi connectivity index (χ0n) is 10.6. The van der Waals surface area contributed by atoms with E-state index in [1.807, 2.05) is 12.1 Å². The number of pyridine rings is 1. The van der Waals surface area contributed by atoms with E-state index in [0.717, 1.165) is 16.8 Å². The Labute approximate surface area is 116 Å². The zero-order valence-corrected chi connectivity index (χ0v) is 12.2. The molecule has 0 unspecified atom stereocenters. The maximum Gasteiger partial charge on any atom is 0.138 e. The van der Waals surface area contributed by atoms with Gasteiger partial charge >= 0.3 is 0 Å². The molecule has 0 aliphatic carbocycles. The molecule has 0 spiro atoms. The van der Waals surface area contributed by atoms with Crippen molar-refractivity contribution in [3.8, 4) is 5.75 Å². The summed E-state index contributed by atoms with van der Waals surface area (Å²) in [6.45, 7) is 4.81. The molecule has 0 atom stereocenters. The van der Waals surface area contributed by atoms with E-state index in [4.69, 9.17) is 4.74 Å². The zero-order chi connectivity index (χ0) is 13.0. The highest BCUT2D eigenvalue weighted by Gasteiger charge is 1.99.